The number of aryl methyl sites for hydroxylation is 2. The number of nitrogens with one attached hydrogen (secondary N) is 2. The lowest BCUT2D eigenvalue weighted by molar-refractivity contribution is 0.0993. The highest BCUT2D eigenvalue weighted by Crippen LogP contribution is 2.18. The molecule has 1 fully saturated rings. The number of benzene rings is 2. The number of Topliss-reactive ketones (excluding diaryl/α,β-unsaturated/α-hetero) is 1. The maximum atomic E-state index is 13.1. The van der Waals surface area contributed by atoms with E-state index in [-0.39, 0.29) is 5.78 Å². The van der Waals surface area contributed by atoms with Crippen LogP contribution in [0.1, 0.15) is 49.7 Å². The Morgan fingerprint density at radius 3 is 2.66 bits per heavy atom. The molecule has 1 aliphatic rings. The molecule has 0 radical (unpaired) electrons. The van der Waals surface area contributed by atoms with E-state index in [0.29, 0.717) is 23.5 Å². The average molecular weight is 466 g/mol. The number of hydrogen-bond acceptors (Lipinski definition) is 5. The minimum Gasteiger partial charge on any atom is -0.314 e. The zero-order valence-corrected chi connectivity index (χ0v) is 20.4. The van der Waals surface area contributed by atoms with Crippen molar-refractivity contribution in [2.24, 2.45) is 0 Å². The third-order valence-corrected chi connectivity index (χ3v) is 6.40. The Labute approximate surface area is 207 Å². The number of nitrogens with zero attached hydrogens (tertiary/aromatic N) is 3. The topological polar surface area (TPSA) is 74.0 Å². The summed E-state index contributed by atoms with van der Waals surface area (Å²) in [5.74, 6) is 6.80. The van der Waals surface area contributed by atoms with Crippen molar-refractivity contribution in [3.05, 3.63) is 94.1 Å². The van der Waals surface area contributed by atoms with E-state index in [0.717, 1.165) is 55.6 Å². The van der Waals surface area contributed by atoms with Crippen LogP contribution in [0.2, 0.25) is 0 Å². The Balaban J connectivity index is 1.48. The van der Waals surface area contributed by atoms with Crippen LogP contribution in [0.3, 0.4) is 0 Å². The predicted octanol–water partition coefficient (Wildman–Crippen LogP) is 3.83. The summed E-state index contributed by atoms with van der Waals surface area (Å²) in [5, 5.41) is 10.8. The van der Waals surface area contributed by atoms with E-state index in [9.17, 15) is 4.79 Å². The highest BCUT2D eigenvalue weighted by molar-refractivity contribution is 5.98. The fourth-order valence-electron chi connectivity index (χ4n) is 4.27. The summed E-state index contributed by atoms with van der Waals surface area (Å²) in [6.45, 7) is 13.0. The van der Waals surface area contributed by atoms with Gasteiger partial charge in [-0.15, -0.1) is 0 Å². The Kier molecular flexibility index (Phi) is 7.71. The van der Waals surface area contributed by atoms with Crippen LogP contribution in [0.5, 0.6) is 0 Å². The molecule has 1 saturated heterocycles. The molecule has 1 aliphatic heterocycles. The number of imidazole rings is 1. The molecule has 6 nitrogen and oxygen atoms in total. The van der Waals surface area contributed by atoms with E-state index < -0.39 is 0 Å². The van der Waals surface area contributed by atoms with Gasteiger partial charge in [0.25, 0.3) is 0 Å². The maximum Gasteiger partial charge on any atom is 0.167 e. The molecule has 2 aromatic carbocycles. The highest BCUT2D eigenvalue weighted by Gasteiger charge is 2.13. The molecular formula is C29H31N5O. The lowest BCUT2D eigenvalue weighted by Gasteiger charge is -2.27. The average Bonchev–Trinajstić information content (AvgIpc) is 3.27. The molecule has 0 saturated carbocycles. The van der Waals surface area contributed by atoms with E-state index in [1.165, 1.54) is 11.1 Å². The van der Waals surface area contributed by atoms with E-state index in [1.54, 1.807) is 17.0 Å². The van der Waals surface area contributed by atoms with Crippen LogP contribution < -0.4 is 5.32 Å². The van der Waals surface area contributed by atoms with E-state index in [2.05, 4.69) is 58.7 Å². The molecule has 0 spiro atoms. The van der Waals surface area contributed by atoms with Gasteiger partial charge < -0.3 is 10.7 Å². The molecule has 35 heavy (non-hydrogen) atoms. The quantitative estimate of drug-likeness (QED) is 0.316. The molecule has 6 heteroatoms. The number of hydrogen-bond donors (Lipinski definition) is 2. The first kappa shape index (κ1) is 24.3. The van der Waals surface area contributed by atoms with Crippen LogP contribution >= 0.6 is 0 Å². The van der Waals surface area contributed by atoms with Gasteiger partial charge in [-0.3, -0.25) is 14.3 Å². The molecule has 178 valence electrons. The second-order valence-corrected chi connectivity index (χ2v) is 8.87. The minimum absolute atomic E-state index is 0.0736. The number of rotatable bonds is 7. The second kappa shape index (κ2) is 11.1. The van der Waals surface area contributed by atoms with Crippen LogP contribution in [0.25, 0.3) is 6.20 Å². The van der Waals surface area contributed by atoms with Crippen molar-refractivity contribution >= 4 is 18.2 Å². The van der Waals surface area contributed by atoms with Gasteiger partial charge in [0, 0.05) is 56.5 Å². The highest BCUT2D eigenvalue weighted by atomic mass is 16.1. The molecule has 3 aromatic rings. The van der Waals surface area contributed by atoms with Crippen molar-refractivity contribution < 1.29 is 4.79 Å². The van der Waals surface area contributed by atoms with Crippen LogP contribution in [0.15, 0.2) is 49.2 Å². The molecule has 0 unspecified atom stereocenters. The normalized spacial score (nSPS) is 13.7. The van der Waals surface area contributed by atoms with Gasteiger partial charge in [0.15, 0.2) is 11.6 Å². The second-order valence-electron chi connectivity index (χ2n) is 8.87. The van der Waals surface area contributed by atoms with Crippen molar-refractivity contribution in [2.75, 3.05) is 26.2 Å². The van der Waals surface area contributed by atoms with Gasteiger partial charge in [-0.25, -0.2) is 4.98 Å². The lowest BCUT2D eigenvalue weighted by Crippen LogP contribution is -2.42. The third kappa shape index (κ3) is 5.83. The predicted molar refractivity (Wildman–Crippen MR) is 141 cm³/mol. The van der Waals surface area contributed by atoms with E-state index in [4.69, 9.17) is 5.41 Å². The van der Waals surface area contributed by atoms with Gasteiger partial charge in [0.1, 0.15) is 5.69 Å². The standard InChI is InChI=1S/C29H31N5O/c1-4-34-27(19-32-29(34)18-30)10-9-24-17-25(7-5-21(24)2)28(35)16-23-6-8-26(22(3)15-23)20-33-13-11-31-12-14-33/h4-8,15,17-19,30-31H,1,11-14,16,20H2,2-3H3. The number of ketones is 1. The minimum atomic E-state index is 0.0736. The van der Waals surface area contributed by atoms with E-state index in [1.807, 2.05) is 25.1 Å². The molecule has 0 aliphatic carbocycles. The molecule has 0 bridgehead atoms. The Hall–Kier alpha value is -3.79. The summed E-state index contributed by atoms with van der Waals surface area (Å²) in [5.41, 5.74) is 6.67. The molecule has 2 N–H and O–H groups in total. The van der Waals surface area contributed by atoms with Crippen molar-refractivity contribution in [1.82, 2.24) is 19.8 Å². The fraction of sp³-hybridized carbons (Fsp3) is 0.276. The van der Waals surface area contributed by atoms with Gasteiger partial charge in [0.2, 0.25) is 0 Å². The molecular weight excluding hydrogens is 434 g/mol. The van der Waals surface area contributed by atoms with E-state index >= 15 is 0 Å². The van der Waals surface area contributed by atoms with Gasteiger partial charge in [-0.2, -0.15) is 0 Å². The summed E-state index contributed by atoms with van der Waals surface area (Å²) in [6.07, 6.45) is 4.72. The van der Waals surface area contributed by atoms with Crippen molar-refractivity contribution in [3.8, 4) is 11.8 Å². The fourth-order valence-corrected chi connectivity index (χ4v) is 4.27. The first-order chi connectivity index (χ1) is 17.0. The van der Waals surface area contributed by atoms with Gasteiger partial charge in [0.05, 0.1) is 12.4 Å². The van der Waals surface area contributed by atoms with Crippen molar-refractivity contribution in [2.45, 2.75) is 26.8 Å². The van der Waals surface area contributed by atoms with Gasteiger partial charge >= 0.3 is 0 Å². The third-order valence-electron chi connectivity index (χ3n) is 6.40. The Morgan fingerprint density at radius 2 is 1.94 bits per heavy atom. The molecule has 0 amide bonds. The van der Waals surface area contributed by atoms with Crippen molar-refractivity contribution in [1.29, 1.82) is 5.41 Å². The molecule has 4 rings (SSSR count). The maximum absolute atomic E-state index is 13.1. The smallest absolute Gasteiger partial charge is 0.167 e. The monoisotopic (exact) mass is 465 g/mol. The number of aromatic nitrogens is 2. The summed E-state index contributed by atoms with van der Waals surface area (Å²) in [6, 6.07) is 12.1. The summed E-state index contributed by atoms with van der Waals surface area (Å²) in [7, 11) is 0. The van der Waals surface area contributed by atoms with Gasteiger partial charge in [-0.05, 0) is 48.1 Å². The lowest BCUT2D eigenvalue weighted by atomic mass is 9.96. The zero-order valence-electron chi connectivity index (χ0n) is 20.4. The van der Waals surface area contributed by atoms with Crippen LogP contribution in [-0.4, -0.2) is 52.6 Å². The zero-order chi connectivity index (χ0) is 24.8. The number of piperazine rings is 1. The van der Waals surface area contributed by atoms with Crippen LogP contribution in [0, 0.1) is 31.1 Å². The molecule has 2 heterocycles. The Bertz CT molecular complexity index is 1320. The van der Waals surface area contributed by atoms with Crippen LogP contribution in [0.4, 0.5) is 0 Å². The molecule has 1 aromatic heterocycles. The first-order valence-corrected chi connectivity index (χ1v) is 11.9. The van der Waals surface area contributed by atoms with Gasteiger partial charge in [-0.1, -0.05) is 42.8 Å². The molecule has 0 atom stereocenters. The largest absolute Gasteiger partial charge is 0.314 e. The van der Waals surface area contributed by atoms with Crippen LogP contribution in [-0.2, 0) is 13.0 Å². The number of carbonyl (C=O) groups excluding carboxylic acids is 1. The summed E-state index contributed by atoms with van der Waals surface area (Å²) in [4.78, 5) is 19.7. The van der Waals surface area contributed by atoms with Crippen molar-refractivity contribution in [3.63, 3.8) is 0 Å². The first-order valence-electron chi connectivity index (χ1n) is 11.9. The summed E-state index contributed by atoms with van der Waals surface area (Å²) < 4.78 is 1.67. The SMILES string of the molecule is C=Cn1c(C#Cc2cc(C(=O)Cc3ccc(CN4CCNCC4)c(C)c3)ccc2C)cnc1C=N. The summed E-state index contributed by atoms with van der Waals surface area (Å²) >= 11 is 0. The number of carbonyl (C=O) groups is 1. The Morgan fingerprint density at radius 1 is 1.14 bits per heavy atom.